The Morgan fingerprint density at radius 1 is 1.24 bits per heavy atom. The molecule has 0 radical (unpaired) electrons. The Hall–Kier alpha value is -0.500. The van der Waals surface area contributed by atoms with Crippen LogP contribution in [-0.2, 0) is 6.42 Å². The molecule has 1 aromatic carbocycles. The summed E-state index contributed by atoms with van der Waals surface area (Å²) in [5.74, 6) is 2.48. The highest BCUT2D eigenvalue weighted by Crippen LogP contribution is 2.21. The van der Waals surface area contributed by atoms with Crippen molar-refractivity contribution in [3.05, 3.63) is 29.8 Å². The van der Waals surface area contributed by atoms with E-state index in [1.54, 1.807) is 7.11 Å². The Bertz CT molecular complexity index is 322. The lowest BCUT2D eigenvalue weighted by atomic mass is 9.93. The number of alkyl halides is 1. The van der Waals surface area contributed by atoms with E-state index in [1.165, 1.54) is 18.4 Å². The number of halogens is 1. The smallest absolute Gasteiger partial charge is 0.119 e. The molecule has 0 aliphatic carbocycles. The molecule has 1 unspecified atom stereocenters. The normalized spacial score (nSPS) is 12.8. The van der Waals surface area contributed by atoms with Gasteiger partial charge in [0.2, 0.25) is 0 Å². The summed E-state index contributed by atoms with van der Waals surface area (Å²) in [6, 6.07) is 8.40. The SMILES string of the molecule is COc1cccc(CC(CBr)CCC(C)C)c1. The van der Waals surface area contributed by atoms with E-state index in [1.807, 2.05) is 6.07 Å². The third-order valence-corrected chi connectivity index (χ3v) is 3.94. The van der Waals surface area contributed by atoms with Gasteiger partial charge >= 0.3 is 0 Å². The van der Waals surface area contributed by atoms with Crippen LogP contribution in [0.5, 0.6) is 5.75 Å². The minimum absolute atomic E-state index is 0.726. The van der Waals surface area contributed by atoms with Crippen LogP contribution in [-0.4, -0.2) is 12.4 Å². The standard InChI is InChI=1S/C15H23BrO/c1-12(2)7-8-14(11-16)9-13-5-4-6-15(10-13)17-3/h4-6,10,12,14H,7-9,11H2,1-3H3. The minimum Gasteiger partial charge on any atom is -0.497 e. The number of rotatable bonds is 7. The van der Waals surface area contributed by atoms with Crippen LogP contribution in [0.4, 0.5) is 0 Å². The lowest BCUT2D eigenvalue weighted by Crippen LogP contribution is -2.07. The molecule has 0 bridgehead atoms. The Morgan fingerprint density at radius 2 is 2.00 bits per heavy atom. The van der Waals surface area contributed by atoms with E-state index in [9.17, 15) is 0 Å². The number of ether oxygens (including phenoxy) is 1. The molecule has 1 rings (SSSR count). The van der Waals surface area contributed by atoms with Crippen molar-refractivity contribution in [2.75, 3.05) is 12.4 Å². The van der Waals surface area contributed by atoms with Crippen LogP contribution in [0.2, 0.25) is 0 Å². The molecule has 1 atom stereocenters. The average molecular weight is 299 g/mol. The summed E-state index contributed by atoms with van der Waals surface area (Å²) in [5.41, 5.74) is 1.37. The van der Waals surface area contributed by atoms with Gasteiger partial charge in [-0.2, -0.15) is 0 Å². The first-order chi connectivity index (χ1) is 8.15. The molecule has 1 aromatic rings. The van der Waals surface area contributed by atoms with Crippen molar-refractivity contribution in [2.24, 2.45) is 11.8 Å². The van der Waals surface area contributed by atoms with E-state index >= 15 is 0 Å². The molecule has 0 aliphatic heterocycles. The fourth-order valence-electron chi connectivity index (χ4n) is 1.94. The Morgan fingerprint density at radius 3 is 2.59 bits per heavy atom. The number of hydrogen-bond donors (Lipinski definition) is 0. The van der Waals surface area contributed by atoms with Gasteiger partial charge in [0.25, 0.3) is 0 Å². The zero-order chi connectivity index (χ0) is 12.7. The van der Waals surface area contributed by atoms with Crippen molar-refractivity contribution < 1.29 is 4.74 Å². The van der Waals surface area contributed by atoms with Gasteiger partial charge in [-0.1, -0.05) is 48.3 Å². The number of hydrogen-bond acceptors (Lipinski definition) is 1. The molecule has 0 spiro atoms. The van der Waals surface area contributed by atoms with Crippen molar-refractivity contribution in [1.29, 1.82) is 0 Å². The fraction of sp³-hybridized carbons (Fsp3) is 0.600. The maximum atomic E-state index is 5.26. The Kier molecular flexibility index (Phi) is 6.64. The molecular weight excluding hydrogens is 276 g/mol. The number of methoxy groups -OCH3 is 1. The highest BCUT2D eigenvalue weighted by atomic mass is 79.9. The minimum atomic E-state index is 0.726. The average Bonchev–Trinajstić information content (AvgIpc) is 2.34. The van der Waals surface area contributed by atoms with E-state index in [0.29, 0.717) is 0 Å². The zero-order valence-electron chi connectivity index (χ0n) is 11.1. The van der Waals surface area contributed by atoms with Crippen molar-refractivity contribution >= 4 is 15.9 Å². The first-order valence-corrected chi connectivity index (χ1v) is 7.46. The third kappa shape index (κ3) is 5.58. The van der Waals surface area contributed by atoms with Gasteiger partial charge in [-0.25, -0.2) is 0 Å². The van der Waals surface area contributed by atoms with E-state index < -0.39 is 0 Å². The van der Waals surface area contributed by atoms with Crippen LogP contribution in [0.25, 0.3) is 0 Å². The summed E-state index contributed by atoms with van der Waals surface area (Å²) in [6.45, 7) is 4.58. The second-order valence-corrected chi connectivity index (χ2v) is 5.69. The second kappa shape index (κ2) is 7.75. The summed E-state index contributed by atoms with van der Waals surface area (Å²) >= 11 is 3.63. The van der Waals surface area contributed by atoms with Gasteiger partial charge in [-0.05, 0) is 42.4 Å². The molecule has 0 aliphatic rings. The van der Waals surface area contributed by atoms with Gasteiger partial charge in [0.05, 0.1) is 7.11 Å². The van der Waals surface area contributed by atoms with E-state index in [4.69, 9.17) is 4.74 Å². The van der Waals surface area contributed by atoms with Crippen LogP contribution in [0.15, 0.2) is 24.3 Å². The molecule has 0 amide bonds. The topological polar surface area (TPSA) is 9.23 Å². The van der Waals surface area contributed by atoms with E-state index in [2.05, 4.69) is 48.0 Å². The van der Waals surface area contributed by atoms with Crippen molar-refractivity contribution in [1.82, 2.24) is 0 Å². The molecule has 1 nitrogen and oxygen atoms in total. The third-order valence-electron chi connectivity index (χ3n) is 3.03. The van der Waals surface area contributed by atoms with Gasteiger partial charge in [-0.3, -0.25) is 0 Å². The van der Waals surface area contributed by atoms with Crippen molar-refractivity contribution in [3.63, 3.8) is 0 Å². The molecule has 0 saturated carbocycles. The highest BCUT2D eigenvalue weighted by molar-refractivity contribution is 9.09. The zero-order valence-corrected chi connectivity index (χ0v) is 12.7. The van der Waals surface area contributed by atoms with Crippen molar-refractivity contribution in [3.8, 4) is 5.75 Å². The van der Waals surface area contributed by atoms with Gasteiger partial charge in [0, 0.05) is 5.33 Å². The fourth-order valence-corrected chi connectivity index (χ4v) is 2.49. The first-order valence-electron chi connectivity index (χ1n) is 6.34. The van der Waals surface area contributed by atoms with Gasteiger partial charge in [0.15, 0.2) is 0 Å². The van der Waals surface area contributed by atoms with Gasteiger partial charge < -0.3 is 4.74 Å². The maximum Gasteiger partial charge on any atom is 0.119 e. The Labute approximate surface area is 114 Å². The predicted molar refractivity (Wildman–Crippen MR) is 78.1 cm³/mol. The number of benzene rings is 1. The molecule has 0 fully saturated rings. The van der Waals surface area contributed by atoms with Crippen LogP contribution >= 0.6 is 15.9 Å². The quantitative estimate of drug-likeness (QED) is 0.664. The molecule has 0 heterocycles. The summed E-state index contributed by atoms with van der Waals surface area (Å²) in [7, 11) is 1.72. The molecule has 0 aromatic heterocycles. The van der Waals surface area contributed by atoms with Gasteiger partial charge in [-0.15, -0.1) is 0 Å². The summed E-state index contributed by atoms with van der Waals surface area (Å²) in [5, 5.41) is 1.08. The molecule has 0 saturated heterocycles. The highest BCUT2D eigenvalue weighted by Gasteiger charge is 2.09. The lowest BCUT2D eigenvalue weighted by molar-refractivity contribution is 0.413. The monoisotopic (exact) mass is 298 g/mol. The lowest BCUT2D eigenvalue weighted by Gasteiger charge is -2.15. The van der Waals surface area contributed by atoms with E-state index in [-0.39, 0.29) is 0 Å². The summed E-state index contributed by atoms with van der Waals surface area (Å²) < 4.78 is 5.26. The van der Waals surface area contributed by atoms with Crippen molar-refractivity contribution in [2.45, 2.75) is 33.1 Å². The predicted octanol–water partition coefficient (Wildman–Crippen LogP) is 4.69. The molecular formula is C15H23BrO. The van der Waals surface area contributed by atoms with Crippen LogP contribution in [0.1, 0.15) is 32.3 Å². The summed E-state index contributed by atoms with van der Waals surface area (Å²) in [4.78, 5) is 0. The maximum absolute atomic E-state index is 5.26. The van der Waals surface area contributed by atoms with Crippen LogP contribution < -0.4 is 4.74 Å². The second-order valence-electron chi connectivity index (χ2n) is 5.05. The molecule has 17 heavy (non-hydrogen) atoms. The largest absolute Gasteiger partial charge is 0.497 e. The first kappa shape index (κ1) is 14.6. The summed E-state index contributed by atoms with van der Waals surface area (Å²) in [6.07, 6.45) is 3.73. The molecule has 0 N–H and O–H groups in total. The van der Waals surface area contributed by atoms with E-state index in [0.717, 1.165) is 29.3 Å². The Balaban J connectivity index is 2.54. The van der Waals surface area contributed by atoms with Gasteiger partial charge in [0.1, 0.15) is 5.75 Å². The van der Waals surface area contributed by atoms with Crippen LogP contribution in [0.3, 0.4) is 0 Å². The molecule has 2 heteroatoms. The molecule has 96 valence electrons. The van der Waals surface area contributed by atoms with Crippen LogP contribution in [0, 0.1) is 11.8 Å².